The van der Waals surface area contributed by atoms with Crippen LogP contribution in [0.25, 0.3) is 83.6 Å². The van der Waals surface area contributed by atoms with Crippen LogP contribution in [-0.4, -0.2) is 14.5 Å². The number of nitrogens with zero attached hydrogens (tertiary/aromatic N) is 3. The zero-order chi connectivity index (χ0) is 42.7. The van der Waals surface area contributed by atoms with E-state index < -0.39 is 35.2 Å². The molecular formula is C49H28F9N3. The Kier molecular flexibility index (Phi) is 9.53. The third-order valence-electron chi connectivity index (χ3n) is 10.5. The van der Waals surface area contributed by atoms with E-state index in [2.05, 4.69) is 0 Å². The predicted molar refractivity (Wildman–Crippen MR) is 219 cm³/mol. The lowest BCUT2D eigenvalue weighted by Crippen LogP contribution is -2.06. The van der Waals surface area contributed by atoms with Crippen molar-refractivity contribution in [2.75, 3.05) is 0 Å². The minimum absolute atomic E-state index is 0.238. The van der Waals surface area contributed by atoms with Crippen molar-refractivity contribution in [3.8, 4) is 61.8 Å². The number of rotatable bonds is 6. The normalized spacial score (nSPS) is 12.3. The summed E-state index contributed by atoms with van der Waals surface area (Å²) >= 11 is 0. The first kappa shape index (κ1) is 39.3. The van der Waals surface area contributed by atoms with Gasteiger partial charge in [-0.1, -0.05) is 103 Å². The molecule has 0 fully saturated rings. The first-order valence-electron chi connectivity index (χ1n) is 18.8. The van der Waals surface area contributed by atoms with Gasteiger partial charge < -0.3 is 4.57 Å². The second-order valence-corrected chi connectivity index (χ2v) is 14.3. The summed E-state index contributed by atoms with van der Waals surface area (Å²) in [6.07, 6.45) is -14.0. The number of alkyl halides is 9. The highest BCUT2D eigenvalue weighted by atomic mass is 19.4. The van der Waals surface area contributed by atoms with Crippen molar-refractivity contribution in [1.29, 1.82) is 0 Å². The standard InChI is InChI=1S/C49H28F9N3/c50-47(51,52)34-19-15-29(16-20-34)38-25-33(42-28-41(31-9-3-1-4-10-31)59-46(60-42)32-11-5-2-6-12-32)26-39(30-17-21-35(22-18-30)48(53,54)55)45(38)61-43-14-8-7-13-37(43)40-27-36(49(56,57)58)23-24-44(40)61/h1-28H. The highest BCUT2D eigenvalue weighted by Crippen LogP contribution is 2.46. The van der Waals surface area contributed by atoms with Crippen LogP contribution >= 0.6 is 0 Å². The number of hydrogen-bond acceptors (Lipinski definition) is 2. The molecule has 0 aliphatic rings. The zero-order valence-corrected chi connectivity index (χ0v) is 31.4. The van der Waals surface area contributed by atoms with Crippen molar-refractivity contribution in [1.82, 2.24) is 14.5 Å². The second kappa shape index (κ2) is 14.8. The van der Waals surface area contributed by atoms with Gasteiger partial charge in [-0.15, -0.1) is 0 Å². The summed E-state index contributed by atoms with van der Waals surface area (Å²) in [5, 5.41) is 0.683. The lowest BCUT2D eigenvalue weighted by molar-refractivity contribution is -0.138. The monoisotopic (exact) mass is 829 g/mol. The molecule has 0 amide bonds. The zero-order valence-electron chi connectivity index (χ0n) is 31.4. The number of para-hydroxylation sites is 1. The fourth-order valence-corrected chi connectivity index (χ4v) is 7.60. The average molecular weight is 830 g/mol. The SMILES string of the molecule is FC(F)(F)c1ccc(-c2cc(-c3cc(-c4ccccc4)nc(-c4ccccc4)n3)cc(-c3ccc(C(F)(F)F)cc3)c2-n2c3ccccc3c3cc(C(F)(F)F)ccc32)cc1. The van der Waals surface area contributed by atoms with E-state index in [0.717, 1.165) is 42.0 Å². The molecule has 0 saturated heterocycles. The van der Waals surface area contributed by atoms with E-state index in [-0.39, 0.29) is 16.5 Å². The van der Waals surface area contributed by atoms with E-state index >= 15 is 0 Å². The van der Waals surface area contributed by atoms with Gasteiger partial charge in [0.1, 0.15) is 0 Å². The van der Waals surface area contributed by atoms with Gasteiger partial charge in [0.25, 0.3) is 0 Å². The summed E-state index contributed by atoms with van der Waals surface area (Å²) in [6, 6.07) is 42.6. The molecule has 0 aliphatic carbocycles. The van der Waals surface area contributed by atoms with Gasteiger partial charge >= 0.3 is 18.5 Å². The lowest BCUT2D eigenvalue weighted by Gasteiger charge is -2.22. The third-order valence-corrected chi connectivity index (χ3v) is 10.5. The average Bonchev–Trinajstić information content (AvgIpc) is 3.59. The molecule has 12 heteroatoms. The second-order valence-electron chi connectivity index (χ2n) is 14.3. The van der Waals surface area contributed by atoms with Gasteiger partial charge in [-0.05, 0) is 77.9 Å². The maximum Gasteiger partial charge on any atom is 0.416 e. The number of halogens is 9. The largest absolute Gasteiger partial charge is 0.416 e. The summed E-state index contributed by atoms with van der Waals surface area (Å²) in [6.45, 7) is 0. The van der Waals surface area contributed by atoms with E-state index in [9.17, 15) is 39.5 Å². The molecule has 0 aliphatic heterocycles. The van der Waals surface area contributed by atoms with Gasteiger partial charge in [0.15, 0.2) is 5.82 Å². The molecule has 0 saturated carbocycles. The van der Waals surface area contributed by atoms with E-state index in [0.29, 0.717) is 61.6 Å². The van der Waals surface area contributed by atoms with Crippen LogP contribution in [0, 0.1) is 0 Å². The predicted octanol–water partition coefficient (Wildman–Crippen LogP) is 15.0. The summed E-state index contributed by atoms with van der Waals surface area (Å²) in [7, 11) is 0. The van der Waals surface area contributed by atoms with Crippen LogP contribution in [0.15, 0.2) is 170 Å². The number of aromatic nitrogens is 3. The van der Waals surface area contributed by atoms with Crippen molar-refractivity contribution in [2.45, 2.75) is 18.5 Å². The maximum absolute atomic E-state index is 14.2. The van der Waals surface area contributed by atoms with Gasteiger partial charge in [0.05, 0.1) is 44.8 Å². The molecule has 302 valence electrons. The number of benzene rings is 7. The van der Waals surface area contributed by atoms with Gasteiger partial charge in [0, 0.05) is 38.6 Å². The highest BCUT2D eigenvalue weighted by molar-refractivity contribution is 6.11. The van der Waals surface area contributed by atoms with Crippen LogP contribution in [0.2, 0.25) is 0 Å². The molecular weight excluding hydrogens is 802 g/mol. The van der Waals surface area contributed by atoms with Crippen molar-refractivity contribution in [3.05, 3.63) is 187 Å². The molecule has 0 spiro atoms. The summed E-state index contributed by atoms with van der Waals surface area (Å²) in [5.41, 5.74) is 2.39. The Bertz CT molecular complexity index is 2920. The van der Waals surface area contributed by atoms with E-state index in [4.69, 9.17) is 9.97 Å². The fourth-order valence-electron chi connectivity index (χ4n) is 7.60. The Balaban J connectivity index is 1.42. The lowest BCUT2D eigenvalue weighted by atomic mass is 9.90. The molecule has 0 bridgehead atoms. The molecule has 9 aromatic rings. The summed E-state index contributed by atoms with van der Waals surface area (Å²) in [4.78, 5) is 9.83. The quantitative estimate of drug-likeness (QED) is 0.156. The Morgan fingerprint density at radius 1 is 0.344 bits per heavy atom. The molecule has 0 N–H and O–H groups in total. The molecule has 0 unspecified atom stereocenters. The molecule has 0 atom stereocenters. The van der Waals surface area contributed by atoms with Crippen LogP contribution in [0.3, 0.4) is 0 Å². The molecule has 2 heterocycles. The number of hydrogen-bond donors (Lipinski definition) is 0. The minimum atomic E-state index is -4.68. The Morgan fingerprint density at radius 2 is 0.787 bits per heavy atom. The van der Waals surface area contributed by atoms with Crippen LogP contribution in [0.4, 0.5) is 39.5 Å². The first-order valence-corrected chi connectivity index (χ1v) is 18.8. The van der Waals surface area contributed by atoms with Crippen molar-refractivity contribution < 1.29 is 39.5 Å². The van der Waals surface area contributed by atoms with E-state index in [1.807, 2.05) is 60.7 Å². The van der Waals surface area contributed by atoms with Crippen LogP contribution < -0.4 is 0 Å². The smallest absolute Gasteiger partial charge is 0.308 e. The number of fused-ring (bicyclic) bond motifs is 3. The Hall–Kier alpha value is -7.21. The van der Waals surface area contributed by atoms with Crippen LogP contribution in [0.5, 0.6) is 0 Å². The van der Waals surface area contributed by atoms with E-state index in [1.54, 1.807) is 47.0 Å². The molecule has 0 radical (unpaired) electrons. The summed E-state index contributed by atoms with van der Waals surface area (Å²) in [5.74, 6) is 0.357. The maximum atomic E-state index is 14.2. The van der Waals surface area contributed by atoms with Gasteiger partial charge in [-0.2, -0.15) is 39.5 Å². The van der Waals surface area contributed by atoms with Gasteiger partial charge in [-0.3, -0.25) is 0 Å². The summed E-state index contributed by atoms with van der Waals surface area (Å²) < 4.78 is 128. The van der Waals surface area contributed by atoms with Crippen molar-refractivity contribution in [3.63, 3.8) is 0 Å². The minimum Gasteiger partial charge on any atom is -0.308 e. The molecule has 3 nitrogen and oxygen atoms in total. The van der Waals surface area contributed by atoms with Crippen LogP contribution in [-0.2, 0) is 18.5 Å². The topological polar surface area (TPSA) is 30.7 Å². The highest BCUT2D eigenvalue weighted by Gasteiger charge is 2.33. The first-order chi connectivity index (χ1) is 29.1. The molecule has 9 rings (SSSR count). The van der Waals surface area contributed by atoms with Gasteiger partial charge in [-0.25, -0.2) is 9.97 Å². The Morgan fingerprint density at radius 3 is 1.31 bits per heavy atom. The molecule has 61 heavy (non-hydrogen) atoms. The van der Waals surface area contributed by atoms with Crippen LogP contribution in [0.1, 0.15) is 16.7 Å². The third kappa shape index (κ3) is 7.50. The Labute approximate surface area is 342 Å². The van der Waals surface area contributed by atoms with E-state index in [1.165, 1.54) is 30.3 Å². The van der Waals surface area contributed by atoms with Crippen molar-refractivity contribution in [2.24, 2.45) is 0 Å². The molecule has 2 aromatic heterocycles. The van der Waals surface area contributed by atoms with Gasteiger partial charge in [0.2, 0.25) is 0 Å². The fraction of sp³-hybridized carbons (Fsp3) is 0.0612. The molecule has 7 aromatic carbocycles. The van der Waals surface area contributed by atoms with Crippen molar-refractivity contribution >= 4 is 21.8 Å².